The van der Waals surface area contributed by atoms with Gasteiger partial charge >= 0.3 is 0 Å². The Morgan fingerprint density at radius 1 is 1.20 bits per heavy atom. The van der Waals surface area contributed by atoms with E-state index in [1.165, 1.54) is 0 Å². The number of benzene rings is 1. The highest BCUT2D eigenvalue weighted by Gasteiger charge is 2.10. The minimum atomic E-state index is -3.01. The van der Waals surface area contributed by atoms with E-state index >= 15 is 0 Å². The monoisotopic (exact) mass is 301 g/mol. The number of rotatable bonds is 9. The number of hydrogen-bond acceptors (Lipinski definition) is 5. The van der Waals surface area contributed by atoms with Crippen molar-refractivity contribution in [2.24, 2.45) is 0 Å². The second-order valence-corrected chi connectivity index (χ2v) is 6.82. The molecule has 1 aromatic rings. The van der Waals surface area contributed by atoms with Crippen molar-refractivity contribution in [3.8, 4) is 11.5 Å². The van der Waals surface area contributed by atoms with Gasteiger partial charge in [-0.3, -0.25) is 0 Å². The van der Waals surface area contributed by atoms with Crippen LogP contribution in [0.5, 0.6) is 11.5 Å². The molecule has 114 valence electrons. The molecular weight excluding hydrogens is 278 g/mol. The second kappa shape index (κ2) is 8.11. The molecule has 0 aliphatic heterocycles. The molecule has 0 saturated carbocycles. The van der Waals surface area contributed by atoms with E-state index in [9.17, 15) is 8.42 Å². The van der Waals surface area contributed by atoms with Gasteiger partial charge in [0.05, 0.1) is 12.9 Å². The van der Waals surface area contributed by atoms with Gasteiger partial charge < -0.3 is 14.8 Å². The van der Waals surface area contributed by atoms with Crippen LogP contribution in [0.1, 0.15) is 19.4 Å². The summed E-state index contributed by atoms with van der Waals surface area (Å²) < 4.78 is 33.6. The minimum absolute atomic E-state index is 0.0179. The van der Waals surface area contributed by atoms with Crippen LogP contribution in [-0.2, 0) is 16.4 Å². The Labute approximate surface area is 121 Å². The molecule has 1 N–H and O–H groups in total. The van der Waals surface area contributed by atoms with Crippen molar-refractivity contribution in [1.29, 1.82) is 0 Å². The van der Waals surface area contributed by atoms with Crippen LogP contribution in [0, 0.1) is 0 Å². The zero-order valence-electron chi connectivity index (χ0n) is 12.3. The summed E-state index contributed by atoms with van der Waals surface area (Å²) in [6.07, 6.45) is 0. The van der Waals surface area contributed by atoms with Crippen LogP contribution in [0.25, 0.3) is 0 Å². The van der Waals surface area contributed by atoms with Gasteiger partial charge in [-0.25, -0.2) is 8.42 Å². The molecular formula is C14H23NO4S. The van der Waals surface area contributed by atoms with Crippen molar-refractivity contribution in [2.45, 2.75) is 20.4 Å². The lowest BCUT2D eigenvalue weighted by molar-refractivity contribution is 0.311. The summed E-state index contributed by atoms with van der Waals surface area (Å²) in [6, 6.07) is 5.66. The van der Waals surface area contributed by atoms with Gasteiger partial charge in [0.15, 0.2) is 21.3 Å². The van der Waals surface area contributed by atoms with Gasteiger partial charge in [0.25, 0.3) is 0 Å². The zero-order chi connectivity index (χ0) is 15.0. The number of nitrogens with one attached hydrogen (secondary N) is 1. The van der Waals surface area contributed by atoms with Crippen molar-refractivity contribution < 1.29 is 17.9 Å². The standard InChI is InChI=1S/C14H23NO4S/c1-4-15-11-12-6-7-13(18-3)14(10-12)19-8-9-20(16,17)5-2/h6-7,10,15H,4-5,8-9,11H2,1-3H3. The Kier molecular flexibility index (Phi) is 6.81. The second-order valence-electron chi connectivity index (χ2n) is 4.35. The largest absolute Gasteiger partial charge is 0.493 e. The van der Waals surface area contributed by atoms with Crippen molar-refractivity contribution in [3.05, 3.63) is 23.8 Å². The predicted octanol–water partition coefficient (Wildman–Crippen LogP) is 1.62. The molecule has 6 heteroatoms. The SMILES string of the molecule is CCNCc1ccc(OC)c(OCCS(=O)(=O)CC)c1. The maximum absolute atomic E-state index is 11.4. The maximum atomic E-state index is 11.4. The fraction of sp³-hybridized carbons (Fsp3) is 0.571. The normalized spacial score (nSPS) is 11.3. The minimum Gasteiger partial charge on any atom is -0.493 e. The van der Waals surface area contributed by atoms with Crippen LogP contribution in [0.4, 0.5) is 0 Å². The fourth-order valence-electron chi connectivity index (χ4n) is 1.64. The van der Waals surface area contributed by atoms with E-state index in [1.54, 1.807) is 14.0 Å². The lowest BCUT2D eigenvalue weighted by atomic mass is 10.2. The third kappa shape index (κ3) is 5.38. The van der Waals surface area contributed by atoms with Gasteiger partial charge in [-0.15, -0.1) is 0 Å². The first-order valence-corrected chi connectivity index (χ1v) is 8.55. The molecule has 0 atom stereocenters. The van der Waals surface area contributed by atoms with E-state index in [1.807, 2.05) is 25.1 Å². The van der Waals surface area contributed by atoms with Crippen LogP contribution in [0.2, 0.25) is 0 Å². The maximum Gasteiger partial charge on any atom is 0.161 e. The van der Waals surface area contributed by atoms with E-state index < -0.39 is 9.84 Å². The molecule has 0 aliphatic rings. The van der Waals surface area contributed by atoms with Gasteiger partial charge in [0.2, 0.25) is 0 Å². The van der Waals surface area contributed by atoms with Crippen LogP contribution >= 0.6 is 0 Å². The van der Waals surface area contributed by atoms with Crippen molar-refractivity contribution in [3.63, 3.8) is 0 Å². The van der Waals surface area contributed by atoms with Gasteiger partial charge in [-0.05, 0) is 24.2 Å². The van der Waals surface area contributed by atoms with Gasteiger partial charge in [0, 0.05) is 12.3 Å². The molecule has 0 heterocycles. The van der Waals surface area contributed by atoms with Gasteiger partial charge in [-0.1, -0.05) is 19.9 Å². The molecule has 0 amide bonds. The average molecular weight is 301 g/mol. The Balaban J connectivity index is 2.70. The zero-order valence-corrected chi connectivity index (χ0v) is 13.1. The van der Waals surface area contributed by atoms with Crippen LogP contribution in [-0.4, -0.2) is 40.2 Å². The van der Waals surface area contributed by atoms with Gasteiger partial charge in [0.1, 0.15) is 6.61 Å². The van der Waals surface area contributed by atoms with E-state index in [4.69, 9.17) is 9.47 Å². The van der Waals surface area contributed by atoms with Crippen molar-refractivity contribution in [1.82, 2.24) is 5.32 Å². The highest BCUT2D eigenvalue weighted by molar-refractivity contribution is 7.91. The highest BCUT2D eigenvalue weighted by Crippen LogP contribution is 2.28. The lowest BCUT2D eigenvalue weighted by Crippen LogP contribution is -2.16. The predicted molar refractivity (Wildman–Crippen MR) is 80.2 cm³/mol. The molecule has 0 unspecified atom stereocenters. The molecule has 0 spiro atoms. The molecule has 0 saturated heterocycles. The molecule has 1 aromatic carbocycles. The first-order valence-electron chi connectivity index (χ1n) is 6.73. The Bertz CT molecular complexity index is 514. The van der Waals surface area contributed by atoms with Crippen molar-refractivity contribution >= 4 is 9.84 Å². The molecule has 5 nitrogen and oxygen atoms in total. The summed E-state index contributed by atoms with van der Waals surface area (Å²) in [6.45, 7) is 5.43. The Morgan fingerprint density at radius 3 is 2.55 bits per heavy atom. The summed E-state index contributed by atoms with van der Waals surface area (Å²) in [7, 11) is -1.45. The van der Waals surface area contributed by atoms with Crippen LogP contribution in [0.15, 0.2) is 18.2 Å². The molecule has 0 aliphatic carbocycles. The first kappa shape index (κ1) is 16.8. The number of hydrogen-bond donors (Lipinski definition) is 1. The Hall–Kier alpha value is -1.27. The molecule has 20 heavy (non-hydrogen) atoms. The summed E-state index contributed by atoms with van der Waals surface area (Å²) in [5, 5.41) is 3.23. The smallest absolute Gasteiger partial charge is 0.161 e. The molecule has 0 aromatic heterocycles. The van der Waals surface area contributed by atoms with Crippen LogP contribution < -0.4 is 14.8 Å². The van der Waals surface area contributed by atoms with Crippen LogP contribution in [0.3, 0.4) is 0 Å². The number of ether oxygens (including phenoxy) is 2. The van der Waals surface area contributed by atoms with E-state index in [0.717, 1.165) is 18.7 Å². The fourth-order valence-corrected chi connectivity index (χ4v) is 2.26. The van der Waals surface area contributed by atoms with E-state index in [2.05, 4.69) is 5.32 Å². The summed E-state index contributed by atoms with van der Waals surface area (Å²) >= 11 is 0. The van der Waals surface area contributed by atoms with Gasteiger partial charge in [-0.2, -0.15) is 0 Å². The van der Waals surface area contributed by atoms with E-state index in [-0.39, 0.29) is 18.1 Å². The number of sulfone groups is 1. The Morgan fingerprint density at radius 2 is 1.95 bits per heavy atom. The third-order valence-corrected chi connectivity index (χ3v) is 4.57. The summed E-state index contributed by atoms with van der Waals surface area (Å²) in [5.41, 5.74) is 1.07. The number of methoxy groups -OCH3 is 1. The van der Waals surface area contributed by atoms with E-state index in [0.29, 0.717) is 11.5 Å². The quantitative estimate of drug-likeness (QED) is 0.751. The highest BCUT2D eigenvalue weighted by atomic mass is 32.2. The first-order chi connectivity index (χ1) is 9.52. The molecule has 0 radical (unpaired) electrons. The molecule has 0 bridgehead atoms. The summed E-state index contributed by atoms with van der Waals surface area (Å²) in [4.78, 5) is 0. The summed E-state index contributed by atoms with van der Waals surface area (Å²) in [5.74, 6) is 1.34. The average Bonchev–Trinajstić information content (AvgIpc) is 2.45. The lowest BCUT2D eigenvalue weighted by Gasteiger charge is -2.12. The van der Waals surface area contributed by atoms with Crippen molar-refractivity contribution in [2.75, 3.05) is 31.8 Å². The molecule has 0 fully saturated rings. The molecule has 1 rings (SSSR count). The third-order valence-electron chi connectivity index (χ3n) is 2.90. The topological polar surface area (TPSA) is 64.6 Å².